The topological polar surface area (TPSA) is 90.0 Å². The van der Waals surface area contributed by atoms with Gasteiger partial charge in [0, 0.05) is 25.8 Å². The molecule has 1 aromatic heterocycles. The monoisotopic (exact) mass is 294 g/mol. The number of aromatic nitrogens is 2. The van der Waals surface area contributed by atoms with E-state index in [-0.39, 0.29) is 11.6 Å². The zero-order valence-corrected chi connectivity index (χ0v) is 12.3. The molecular formula is C13H18N4O2S. The molecule has 0 bridgehead atoms. The van der Waals surface area contributed by atoms with Crippen LogP contribution in [0.5, 0.6) is 0 Å². The predicted molar refractivity (Wildman–Crippen MR) is 76.5 cm³/mol. The molecule has 20 heavy (non-hydrogen) atoms. The first-order chi connectivity index (χ1) is 9.40. The molecule has 0 spiro atoms. The highest BCUT2D eigenvalue weighted by atomic mass is 32.2. The van der Waals surface area contributed by atoms with Crippen LogP contribution in [0, 0.1) is 6.92 Å². The molecule has 2 aromatic rings. The van der Waals surface area contributed by atoms with Crippen molar-refractivity contribution in [3.63, 3.8) is 0 Å². The van der Waals surface area contributed by atoms with E-state index in [1.54, 1.807) is 18.5 Å². The molecule has 6 nitrogen and oxygen atoms in total. The molecular weight excluding hydrogens is 276 g/mol. The second kappa shape index (κ2) is 5.74. The summed E-state index contributed by atoms with van der Waals surface area (Å²) in [4.78, 5) is 4.00. The largest absolute Gasteiger partial charge is 0.337 e. The number of hydrogen-bond donors (Lipinski definition) is 2. The zero-order valence-electron chi connectivity index (χ0n) is 11.4. The van der Waals surface area contributed by atoms with Gasteiger partial charge >= 0.3 is 0 Å². The fraction of sp³-hybridized carbons (Fsp3) is 0.308. The van der Waals surface area contributed by atoms with Crippen LogP contribution in [0.15, 0.2) is 41.6 Å². The van der Waals surface area contributed by atoms with Crippen molar-refractivity contribution in [2.75, 3.05) is 6.54 Å². The molecule has 0 fully saturated rings. The van der Waals surface area contributed by atoms with Crippen LogP contribution < -0.4 is 10.5 Å². The Morgan fingerprint density at radius 3 is 2.55 bits per heavy atom. The summed E-state index contributed by atoms with van der Waals surface area (Å²) in [6.07, 6.45) is 1.48. The van der Waals surface area contributed by atoms with E-state index >= 15 is 0 Å². The molecule has 1 unspecified atom stereocenters. The van der Waals surface area contributed by atoms with E-state index < -0.39 is 16.1 Å². The number of rotatable bonds is 5. The summed E-state index contributed by atoms with van der Waals surface area (Å²) in [6.45, 7) is 1.87. The highest BCUT2D eigenvalue weighted by Gasteiger charge is 2.19. The van der Waals surface area contributed by atoms with Gasteiger partial charge in [0.15, 0.2) is 5.03 Å². The van der Waals surface area contributed by atoms with E-state index in [1.807, 2.05) is 30.3 Å². The van der Waals surface area contributed by atoms with Crippen molar-refractivity contribution in [1.29, 1.82) is 0 Å². The number of nitrogens with two attached hydrogens (primary N) is 1. The summed E-state index contributed by atoms with van der Waals surface area (Å²) in [5, 5.41) is 0.0118. The van der Waals surface area contributed by atoms with Crippen LogP contribution >= 0.6 is 0 Å². The SMILES string of the molecule is Cc1nc(S(=O)(=O)NCC(N)c2ccccc2)cn1C. The van der Waals surface area contributed by atoms with Crippen molar-refractivity contribution in [2.45, 2.75) is 18.0 Å². The molecule has 0 amide bonds. The van der Waals surface area contributed by atoms with Crippen LogP contribution in [0.1, 0.15) is 17.4 Å². The van der Waals surface area contributed by atoms with Gasteiger partial charge in [-0.1, -0.05) is 30.3 Å². The fourth-order valence-electron chi connectivity index (χ4n) is 1.75. The van der Waals surface area contributed by atoms with Crippen molar-refractivity contribution in [3.8, 4) is 0 Å². The Balaban J connectivity index is 2.06. The molecule has 0 saturated carbocycles. The quantitative estimate of drug-likeness (QED) is 0.849. The highest BCUT2D eigenvalue weighted by molar-refractivity contribution is 7.89. The van der Waals surface area contributed by atoms with Crippen LogP contribution in [-0.4, -0.2) is 24.5 Å². The predicted octanol–water partition coefficient (Wildman–Crippen LogP) is 0.707. The number of nitrogens with one attached hydrogen (secondary N) is 1. The maximum atomic E-state index is 12.1. The summed E-state index contributed by atoms with van der Waals surface area (Å²) in [7, 11) is -1.88. The van der Waals surface area contributed by atoms with Gasteiger partial charge in [0.05, 0.1) is 0 Å². The van der Waals surface area contributed by atoms with Crippen molar-refractivity contribution < 1.29 is 8.42 Å². The van der Waals surface area contributed by atoms with Gasteiger partial charge in [-0.2, -0.15) is 0 Å². The highest BCUT2D eigenvalue weighted by Crippen LogP contribution is 2.11. The van der Waals surface area contributed by atoms with Gasteiger partial charge in [-0.25, -0.2) is 18.1 Å². The molecule has 0 saturated heterocycles. The summed E-state index contributed by atoms with van der Waals surface area (Å²) in [5.41, 5.74) is 6.84. The van der Waals surface area contributed by atoms with Crippen molar-refractivity contribution in [2.24, 2.45) is 12.8 Å². The molecule has 0 radical (unpaired) electrons. The minimum absolute atomic E-state index is 0.0118. The Morgan fingerprint density at radius 1 is 1.35 bits per heavy atom. The summed E-state index contributed by atoms with van der Waals surface area (Å²) in [5.74, 6) is 0.637. The molecule has 1 heterocycles. The number of nitrogens with zero attached hydrogens (tertiary/aromatic N) is 2. The molecule has 2 rings (SSSR count). The minimum Gasteiger partial charge on any atom is -0.337 e. The van der Waals surface area contributed by atoms with Gasteiger partial charge in [-0.05, 0) is 12.5 Å². The fourth-order valence-corrected chi connectivity index (χ4v) is 2.84. The minimum atomic E-state index is -3.63. The Kier molecular flexibility index (Phi) is 4.22. The number of benzene rings is 1. The Morgan fingerprint density at radius 2 is 2.00 bits per heavy atom. The summed E-state index contributed by atoms with van der Waals surface area (Å²) >= 11 is 0. The normalized spacial score (nSPS) is 13.3. The van der Waals surface area contributed by atoms with E-state index in [2.05, 4.69) is 9.71 Å². The van der Waals surface area contributed by atoms with E-state index in [1.165, 1.54) is 6.20 Å². The van der Waals surface area contributed by atoms with Crippen LogP contribution in [0.3, 0.4) is 0 Å². The van der Waals surface area contributed by atoms with Gasteiger partial charge in [-0.15, -0.1) is 0 Å². The Hall–Kier alpha value is -1.70. The molecule has 1 atom stereocenters. The lowest BCUT2D eigenvalue weighted by Crippen LogP contribution is -2.32. The van der Waals surface area contributed by atoms with E-state index in [4.69, 9.17) is 5.73 Å². The summed E-state index contributed by atoms with van der Waals surface area (Å²) in [6, 6.07) is 8.96. The van der Waals surface area contributed by atoms with Crippen LogP contribution in [-0.2, 0) is 17.1 Å². The number of aryl methyl sites for hydroxylation is 2. The first kappa shape index (κ1) is 14.7. The molecule has 108 valence electrons. The lowest BCUT2D eigenvalue weighted by molar-refractivity contribution is 0.569. The van der Waals surface area contributed by atoms with Crippen LogP contribution in [0.2, 0.25) is 0 Å². The third-order valence-corrected chi connectivity index (χ3v) is 4.38. The molecule has 3 N–H and O–H groups in total. The standard InChI is InChI=1S/C13H18N4O2S/c1-10-16-13(9-17(10)2)20(18,19)15-8-12(14)11-6-4-3-5-7-11/h3-7,9,12,15H,8,14H2,1-2H3. The van der Waals surface area contributed by atoms with Crippen LogP contribution in [0.4, 0.5) is 0 Å². The Labute approximate surface area is 118 Å². The van der Waals surface area contributed by atoms with Gasteiger partial charge < -0.3 is 10.3 Å². The third kappa shape index (κ3) is 3.24. The average Bonchev–Trinajstić information content (AvgIpc) is 2.78. The third-order valence-electron chi connectivity index (χ3n) is 3.08. The molecule has 7 heteroatoms. The van der Waals surface area contributed by atoms with Crippen molar-refractivity contribution in [3.05, 3.63) is 47.9 Å². The number of sulfonamides is 1. The Bertz CT molecular complexity index is 660. The van der Waals surface area contributed by atoms with Gasteiger partial charge in [0.25, 0.3) is 10.0 Å². The first-order valence-corrected chi connectivity index (χ1v) is 7.68. The van der Waals surface area contributed by atoms with Gasteiger partial charge in [0.1, 0.15) is 5.82 Å². The molecule has 0 aliphatic rings. The molecule has 0 aliphatic carbocycles. The number of hydrogen-bond acceptors (Lipinski definition) is 4. The van der Waals surface area contributed by atoms with Crippen molar-refractivity contribution >= 4 is 10.0 Å². The smallest absolute Gasteiger partial charge is 0.259 e. The average molecular weight is 294 g/mol. The number of imidazole rings is 1. The second-order valence-electron chi connectivity index (χ2n) is 4.61. The summed E-state index contributed by atoms with van der Waals surface area (Å²) < 4.78 is 28.3. The van der Waals surface area contributed by atoms with Gasteiger partial charge in [0.2, 0.25) is 0 Å². The maximum Gasteiger partial charge on any atom is 0.259 e. The van der Waals surface area contributed by atoms with E-state index in [0.717, 1.165) is 5.56 Å². The van der Waals surface area contributed by atoms with E-state index in [0.29, 0.717) is 5.82 Å². The molecule has 0 aliphatic heterocycles. The maximum absolute atomic E-state index is 12.1. The second-order valence-corrected chi connectivity index (χ2v) is 6.32. The zero-order chi connectivity index (χ0) is 14.8. The lowest BCUT2D eigenvalue weighted by atomic mass is 10.1. The molecule has 1 aromatic carbocycles. The van der Waals surface area contributed by atoms with Crippen LogP contribution in [0.25, 0.3) is 0 Å². The lowest BCUT2D eigenvalue weighted by Gasteiger charge is -2.12. The van der Waals surface area contributed by atoms with E-state index in [9.17, 15) is 8.42 Å². The first-order valence-electron chi connectivity index (χ1n) is 6.20. The van der Waals surface area contributed by atoms with Crippen molar-refractivity contribution in [1.82, 2.24) is 14.3 Å². The van der Waals surface area contributed by atoms with Gasteiger partial charge in [-0.3, -0.25) is 0 Å².